The minimum atomic E-state index is -3.36. The molecule has 0 radical (unpaired) electrons. The molecule has 0 aromatic carbocycles. The molecule has 1 aliphatic carbocycles. The molecule has 0 bridgehead atoms. The lowest BCUT2D eigenvalue weighted by Gasteiger charge is -2.38. The Morgan fingerprint density at radius 2 is 1.54 bits per heavy atom. The molecule has 12 heteroatoms. The SMILES string of the molecule is CC(F)(F)CC(NC(=O)[C@@H]1[C@@H]2[C@H](CN1C(=O)[C@@H](NC(=O)NC(C)(C)C)C(C)(C)C)C2(C)C)C(=O)C(N)=O. The van der Waals surface area contributed by atoms with Crippen molar-refractivity contribution < 1.29 is 32.8 Å². The molecule has 1 aliphatic heterocycles. The highest BCUT2D eigenvalue weighted by atomic mass is 19.3. The second-order valence-corrected chi connectivity index (χ2v) is 13.1. The molecule has 2 rings (SSSR count). The summed E-state index contributed by atoms with van der Waals surface area (Å²) in [6, 6.07) is -4.46. The van der Waals surface area contributed by atoms with Crippen LogP contribution >= 0.6 is 0 Å². The van der Waals surface area contributed by atoms with Gasteiger partial charge in [0, 0.05) is 18.5 Å². The van der Waals surface area contributed by atoms with Crippen molar-refractivity contribution >= 4 is 29.5 Å². The van der Waals surface area contributed by atoms with Crippen molar-refractivity contribution in [3.8, 4) is 0 Å². The largest absolute Gasteiger partial charge is 0.363 e. The number of nitrogens with zero attached hydrogens (tertiary/aromatic N) is 1. The van der Waals surface area contributed by atoms with Gasteiger partial charge in [-0.15, -0.1) is 0 Å². The van der Waals surface area contributed by atoms with Gasteiger partial charge in [0.15, 0.2) is 0 Å². The van der Waals surface area contributed by atoms with Gasteiger partial charge in [0.25, 0.3) is 5.91 Å². The summed E-state index contributed by atoms with van der Waals surface area (Å²) < 4.78 is 27.5. The minimum Gasteiger partial charge on any atom is -0.363 e. The van der Waals surface area contributed by atoms with E-state index in [-0.39, 0.29) is 23.8 Å². The second kappa shape index (κ2) is 9.83. The van der Waals surface area contributed by atoms with E-state index in [1.54, 1.807) is 41.5 Å². The van der Waals surface area contributed by atoms with Gasteiger partial charge >= 0.3 is 6.03 Å². The van der Waals surface area contributed by atoms with Crippen LogP contribution in [0.3, 0.4) is 0 Å². The Morgan fingerprint density at radius 1 is 1.00 bits per heavy atom. The van der Waals surface area contributed by atoms with E-state index < -0.39 is 71.0 Å². The molecular weight excluding hydrogens is 488 g/mol. The molecule has 0 aromatic heterocycles. The highest BCUT2D eigenvalue weighted by Gasteiger charge is 2.70. The quantitative estimate of drug-likeness (QED) is 0.352. The average Bonchev–Trinajstić information content (AvgIpc) is 3.03. The molecular formula is C25H41F2N5O5. The number of primary amides is 1. The lowest BCUT2D eigenvalue weighted by atomic mass is 9.85. The number of ketones is 1. The standard InChI is InChI=1S/C25H41F2N5O5/c1-22(2,3)17(30-21(37)31-23(4,5)6)20(36)32-11-12-14(24(12,7)8)15(32)19(35)29-13(10-25(9,26)27)16(33)18(28)34/h12-15,17H,10-11H2,1-9H3,(H2,28,34)(H,29,35)(H2,30,31,37)/t12-,13?,14-,15-,17+/m0/s1. The fraction of sp³-hybridized carbons (Fsp3) is 0.800. The van der Waals surface area contributed by atoms with Crippen molar-refractivity contribution in [2.45, 2.75) is 98.3 Å². The second-order valence-electron chi connectivity index (χ2n) is 13.1. The fourth-order valence-corrected chi connectivity index (χ4v) is 5.13. The number of likely N-dealkylation sites (tertiary alicyclic amines) is 1. The van der Waals surface area contributed by atoms with Crippen LogP contribution in [0.4, 0.5) is 13.6 Å². The molecule has 0 spiro atoms. The highest BCUT2D eigenvalue weighted by molar-refractivity contribution is 6.37. The predicted molar refractivity (Wildman–Crippen MR) is 132 cm³/mol. The molecule has 1 heterocycles. The summed E-state index contributed by atoms with van der Waals surface area (Å²) in [6.07, 6.45) is -1.11. The third-order valence-electron chi connectivity index (χ3n) is 7.08. The number of hydrogen-bond acceptors (Lipinski definition) is 5. The first-order valence-electron chi connectivity index (χ1n) is 12.4. The lowest BCUT2D eigenvalue weighted by Crippen LogP contribution is -2.62. The molecule has 10 nitrogen and oxygen atoms in total. The van der Waals surface area contributed by atoms with E-state index in [1.165, 1.54) is 4.90 Å². The zero-order chi connectivity index (χ0) is 28.9. The number of hydrogen-bond donors (Lipinski definition) is 4. The first-order valence-corrected chi connectivity index (χ1v) is 12.4. The first kappa shape index (κ1) is 30.4. The predicted octanol–water partition coefficient (Wildman–Crippen LogP) is 1.57. The summed E-state index contributed by atoms with van der Waals surface area (Å²) in [5, 5.41) is 7.73. The lowest BCUT2D eigenvalue weighted by molar-refractivity contribution is -0.145. The summed E-state index contributed by atoms with van der Waals surface area (Å²) in [6.45, 7) is 15.4. The van der Waals surface area contributed by atoms with Crippen LogP contribution in [0, 0.1) is 22.7 Å². The number of rotatable bonds is 8. The van der Waals surface area contributed by atoms with Gasteiger partial charge in [-0.05, 0) is 50.4 Å². The Balaban J connectivity index is 2.35. The number of fused-ring (bicyclic) bond motifs is 1. The van der Waals surface area contributed by atoms with E-state index >= 15 is 0 Å². The molecule has 1 saturated carbocycles. The summed E-state index contributed by atoms with van der Waals surface area (Å²) in [4.78, 5) is 64.9. The summed E-state index contributed by atoms with van der Waals surface area (Å²) in [5.41, 5.74) is 3.43. The number of halogens is 2. The number of amides is 5. The smallest absolute Gasteiger partial charge is 0.315 e. The zero-order valence-corrected chi connectivity index (χ0v) is 23.1. The number of carbonyl (C=O) groups is 5. The van der Waals surface area contributed by atoms with Crippen LogP contribution in [0.2, 0.25) is 0 Å². The van der Waals surface area contributed by atoms with Crippen molar-refractivity contribution in [3.05, 3.63) is 0 Å². The van der Waals surface area contributed by atoms with Crippen LogP contribution in [-0.2, 0) is 19.2 Å². The van der Waals surface area contributed by atoms with Crippen molar-refractivity contribution in [2.75, 3.05) is 6.54 Å². The maximum Gasteiger partial charge on any atom is 0.315 e. The van der Waals surface area contributed by atoms with Crippen molar-refractivity contribution in [1.82, 2.24) is 20.9 Å². The number of urea groups is 1. The molecule has 210 valence electrons. The Labute approximate surface area is 216 Å². The molecule has 1 saturated heterocycles. The number of nitrogens with one attached hydrogen (secondary N) is 3. The molecule has 2 aliphatic rings. The van der Waals surface area contributed by atoms with Crippen molar-refractivity contribution in [2.24, 2.45) is 28.4 Å². The van der Waals surface area contributed by atoms with Gasteiger partial charge in [0.05, 0.1) is 0 Å². The van der Waals surface area contributed by atoms with Gasteiger partial charge < -0.3 is 26.6 Å². The van der Waals surface area contributed by atoms with Gasteiger partial charge in [-0.3, -0.25) is 19.2 Å². The number of carbonyl (C=O) groups excluding carboxylic acids is 5. The number of alkyl halides is 2. The Bertz CT molecular complexity index is 964. The molecule has 0 aromatic rings. The van der Waals surface area contributed by atoms with Gasteiger partial charge in [0.1, 0.15) is 18.1 Å². The van der Waals surface area contributed by atoms with Gasteiger partial charge in [-0.2, -0.15) is 0 Å². The number of nitrogens with two attached hydrogens (primary N) is 1. The molecule has 37 heavy (non-hydrogen) atoms. The average molecular weight is 530 g/mol. The summed E-state index contributed by atoms with van der Waals surface area (Å²) >= 11 is 0. The minimum absolute atomic E-state index is 0.0332. The van der Waals surface area contributed by atoms with E-state index in [9.17, 15) is 32.8 Å². The zero-order valence-electron chi connectivity index (χ0n) is 23.1. The Morgan fingerprint density at radius 3 is 1.97 bits per heavy atom. The van der Waals surface area contributed by atoms with Crippen LogP contribution < -0.4 is 21.7 Å². The first-order chi connectivity index (χ1) is 16.5. The number of piperidine rings is 1. The normalized spacial score (nSPS) is 24.4. The van der Waals surface area contributed by atoms with E-state index in [4.69, 9.17) is 5.73 Å². The van der Waals surface area contributed by atoms with E-state index in [0.717, 1.165) is 0 Å². The monoisotopic (exact) mass is 529 g/mol. The molecule has 2 fully saturated rings. The molecule has 5 N–H and O–H groups in total. The van der Waals surface area contributed by atoms with Crippen LogP contribution in [0.15, 0.2) is 0 Å². The maximum absolute atomic E-state index is 13.8. The Kier molecular flexibility index (Phi) is 8.08. The molecule has 1 unspecified atom stereocenters. The van der Waals surface area contributed by atoms with E-state index in [2.05, 4.69) is 16.0 Å². The van der Waals surface area contributed by atoms with Gasteiger partial charge in [0.2, 0.25) is 23.5 Å². The van der Waals surface area contributed by atoms with Crippen LogP contribution in [0.1, 0.15) is 68.7 Å². The van der Waals surface area contributed by atoms with E-state index in [0.29, 0.717) is 6.92 Å². The van der Waals surface area contributed by atoms with Crippen LogP contribution in [0.5, 0.6) is 0 Å². The van der Waals surface area contributed by atoms with Gasteiger partial charge in [-0.25, -0.2) is 13.6 Å². The summed E-state index contributed by atoms with van der Waals surface area (Å²) in [7, 11) is 0. The van der Waals surface area contributed by atoms with Crippen molar-refractivity contribution in [3.63, 3.8) is 0 Å². The Hall–Kier alpha value is -2.79. The topological polar surface area (TPSA) is 151 Å². The number of Topliss-reactive ketones (excluding diaryl/α,β-unsaturated/α-hetero) is 1. The van der Waals surface area contributed by atoms with E-state index in [1.807, 2.05) is 13.8 Å². The third-order valence-corrected chi connectivity index (χ3v) is 7.08. The fourth-order valence-electron chi connectivity index (χ4n) is 5.13. The summed E-state index contributed by atoms with van der Waals surface area (Å²) in [5.74, 6) is -7.79. The third kappa shape index (κ3) is 7.16. The highest BCUT2D eigenvalue weighted by Crippen LogP contribution is 2.65. The molecule has 5 amide bonds. The molecule has 5 atom stereocenters. The van der Waals surface area contributed by atoms with Crippen LogP contribution in [0.25, 0.3) is 0 Å². The maximum atomic E-state index is 13.8. The van der Waals surface area contributed by atoms with Gasteiger partial charge in [-0.1, -0.05) is 34.6 Å². The van der Waals surface area contributed by atoms with Crippen LogP contribution in [-0.4, -0.2) is 70.6 Å². The van der Waals surface area contributed by atoms with Crippen molar-refractivity contribution in [1.29, 1.82) is 0 Å².